The molecule has 0 saturated heterocycles. The molecule has 1 N–H and O–H groups in total. The minimum atomic E-state index is -3.24. The van der Waals surface area contributed by atoms with E-state index in [1.807, 2.05) is 26.0 Å². The number of hydrogen-bond donors (Lipinski definition) is 1. The molecule has 86 valence electrons. The van der Waals surface area contributed by atoms with Crippen LogP contribution in [0.15, 0.2) is 28.0 Å². The van der Waals surface area contributed by atoms with E-state index >= 15 is 0 Å². The Morgan fingerprint density at radius 2 is 2.06 bits per heavy atom. The van der Waals surface area contributed by atoms with Crippen molar-refractivity contribution in [2.24, 2.45) is 0 Å². The monoisotopic (exact) mass is 237 g/mol. The average molecular weight is 237 g/mol. The van der Waals surface area contributed by atoms with Crippen LogP contribution in [-0.4, -0.2) is 21.5 Å². The molecule has 1 aliphatic rings. The maximum Gasteiger partial charge on any atom is 0.204 e. The third kappa shape index (κ3) is 1.79. The lowest BCUT2D eigenvalue weighted by Gasteiger charge is -2.04. The van der Waals surface area contributed by atoms with E-state index in [0.717, 1.165) is 17.7 Å². The molecule has 0 fully saturated rings. The number of nitrogens with one attached hydrogen (secondary N) is 1. The summed E-state index contributed by atoms with van der Waals surface area (Å²) in [5.41, 5.74) is 1.78. The number of hydrogen-bond acceptors (Lipinski definition) is 3. The summed E-state index contributed by atoms with van der Waals surface area (Å²) in [5, 5.41) is 3.05. The maximum atomic E-state index is 12.1. The SMILES string of the molecule is CCNCC1=Cc2ccc(C)cc2S1(=O)=O. The highest BCUT2D eigenvalue weighted by Crippen LogP contribution is 2.32. The minimum absolute atomic E-state index is 0.409. The summed E-state index contributed by atoms with van der Waals surface area (Å²) in [5.74, 6) is 0. The van der Waals surface area contributed by atoms with Crippen molar-refractivity contribution < 1.29 is 8.42 Å². The lowest BCUT2D eigenvalue weighted by Crippen LogP contribution is -2.19. The van der Waals surface area contributed by atoms with E-state index < -0.39 is 9.84 Å². The molecule has 0 unspecified atom stereocenters. The summed E-state index contributed by atoms with van der Waals surface area (Å²) in [6.07, 6.45) is 1.76. The van der Waals surface area contributed by atoms with Crippen molar-refractivity contribution in [3.05, 3.63) is 34.2 Å². The molecule has 0 bridgehead atoms. The Labute approximate surface area is 96.1 Å². The van der Waals surface area contributed by atoms with Gasteiger partial charge >= 0.3 is 0 Å². The van der Waals surface area contributed by atoms with Gasteiger partial charge in [-0.25, -0.2) is 8.42 Å². The third-order valence-corrected chi connectivity index (χ3v) is 4.55. The average Bonchev–Trinajstić information content (AvgIpc) is 2.48. The first-order valence-corrected chi connectivity index (χ1v) is 6.81. The highest BCUT2D eigenvalue weighted by Gasteiger charge is 2.28. The number of fused-ring (bicyclic) bond motifs is 1. The molecule has 4 heteroatoms. The Bertz CT molecular complexity index is 544. The van der Waals surface area contributed by atoms with E-state index in [1.54, 1.807) is 12.1 Å². The normalized spacial score (nSPS) is 17.0. The van der Waals surface area contributed by atoms with E-state index in [-0.39, 0.29) is 0 Å². The summed E-state index contributed by atoms with van der Waals surface area (Å²) in [6, 6.07) is 5.53. The molecule has 1 aromatic rings. The second-order valence-electron chi connectivity index (χ2n) is 3.94. The number of aryl methyl sites for hydroxylation is 1. The molecular weight excluding hydrogens is 222 g/mol. The van der Waals surface area contributed by atoms with Crippen molar-refractivity contribution >= 4 is 15.9 Å². The number of likely N-dealkylation sites (N-methyl/N-ethyl adjacent to an activating group) is 1. The van der Waals surface area contributed by atoms with Crippen LogP contribution < -0.4 is 5.32 Å². The van der Waals surface area contributed by atoms with Crippen LogP contribution in [0.25, 0.3) is 6.08 Å². The van der Waals surface area contributed by atoms with Crippen LogP contribution in [0.3, 0.4) is 0 Å². The van der Waals surface area contributed by atoms with Gasteiger partial charge in [-0.2, -0.15) is 0 Å². The van der Waals surface area contributed by atoms with Gasteiger partial charge in [-0.15, -0.1) is 0 Å². The van der Waals surface area contributed by atoms with Crippen molar-refractivity contribution in [3.63, 3.8) is 0 Å². The van der Waals surface area contributed by atoms with Crippen molar-refractivity contribution in [3.8, 4) is 0 Å². The smallest absolute Gasteiger partial charge is 0.204 e. The molecule has 0 radical (unpaired) electrons. The zero-order valence-corrected chi connectivity index (χ0v) is 10.3. The number of sulfone groups is 1. The number of rotatable bonds is 3. The van der Waals surface area contributed by atoms with E-state index in [4.69, 9.17) is 0 Å². The Balaban J connectivity index is 2.44. The van der Waals surface area contributed by atoms with E-state index in [0.29, 0.717) is 16.3 Å². The molecular formula is C12H15NO2S. The molecule has 1 aliphatic heterocycles. The Hall–Kier alpha value is -1.13. The van der Waals surface area contributed by atoms with E-state index in [9.17, 15) is 8.42 Å². The molecule has 3 nitrogen and oxygen atoms in total. The van der Waals surface area contributed by atoms with E-state index in [1.165, 1.54) is 0 Å². The van der Waals surface area contributed by atoms with Crippen molar-refractivity contribution in [1.82, 2.24) is 5.32 Å². The van der Waals surface area contributed by atoms with Gasteiger partial charge in [-0.05, 0) is 36.7 Å². The summed E-state index contributed by atoms with van der Waals surface area (Å²) >= 11 is 0. The van der Waals surface area contributed by atoms with Crippen LogP contribution in [0, 0.1) is 6.92 Å². The van der Waals surface area contributed by atoms with Gasteiger partial charge in [0.1, 0.15) is 0 Å². The number of benzene rings is 1. The molecule has 0 amide bonds. The summed E-state index contributed by atoms with van der Waals surface area (Å²) in [4.78, 5) is 0.912. The molecule has 0 saturated carbocycles. The third-order valence-electron chi connectivity index (χ3n) is 2.67. The Kier molecular flexibility index (Phi) is 2.86. The van der Waals surface area contributed by atoms with Crippen LogP contribution in [0.2, 0.25) is 0 Å². The van der Waals surface area contributed by atoms with Crippen LogP contribution >= 0.6 is 0 Å². The van der Waals surface area contributed by atoms with Crippen LogP contribution in [-0.2, 0) is 9.84 Å². The molecule has 16 heavy (non-hydrogen) atoms. The maximum absolute atomic E-state index is 12.1. The summed E-state index contributed by atoms with van der Waals surface area (Å²) < 4.78 is 24.3. The van der Waals surface area contributed by atoms with Gasteiger partial charge in [0.15, 0.2) is 0 Å². The van der Waals surface area contributed by atoms with Crippen LogP contribution in [0.1, 0.15) is 18.1 Å². The predicted molar refractivity (Wildman–Crippen MR) is 64.9 cm³/mol. The Morgan fingerprint density at radius 3 is 2.75 bits per heavy atom. The predicted octanol–water partition coefficient (Wildman–Crippen LogP) is 1.73. The highest BCUT2D eigenvalue weighted by atomic mass is 32.2. The van der Waals surface area contributed by atoms with Crippen molar-refractivity contribution in [1.29, 1.82) is 0 Å². The van der Waals surface area contributed by atoms with Gasteiger partial charge in [0.2, 0.25) is 9.84 Å². The molecule has 0 aliphatic carbocycles. The van der Waals surface area contributed by atoms with Crippen molar-refractivity contribution in [2.45, 2.75) is 18.7 Å². The quantitative estimate of drug-likeness (QED) is 0.871. The standard InChI is InChI=1S/C12H15NO2S/c1-3-13-8-11-7-10-5-4-9(2)6-12(10)16(11,14)15/h4-7,13H,3,8H2,1-2H3. The van der Waals surface area contributed by atoms with Gasteiger partial charge in [0, 0.05) is 6.54 Å². The van der Waals surface area contributed by atoms with Crippen LogP contribution in [0.4, 0.5) is 0 Å². The fraction of sp³-hybridized carbons (Fsp3) is 0.333. The Morgan fingerprint density at radius 1 is 1.31 bits per heavy atom. The largest absolute Gasteiger partial charge is 0.312 e. The van der Waals surface area contributed by atoms with Gasteiger partial charge in [-0.1, -0.05) is 19.1 Å². The van der Waals surface area contributed by atoms with Crippen molar-refractivity contribution in [2.75, 3.05) is 13.1 Å². The first-order chi connectivity index (χ1) is 7.55. The molecule has 1 heterocycles. The fourth-order valence-corrected chi connectivity index (χ4v) is 3.42. The molecule has 1 aromatic carbocycles. The van der Waals surface area contributed by atoms with Gasteiger partial charge in [0.05, 0.1) is 9.80 Å². The minimum Gasteiger partial charge on any atom is -0.312 e. The van der Waals surface area contributed by atoms with Gasteiger partial charge in [-0.3, -0.25) is 0 Å². The second-order valence-corrected chi connectivity index (χ2v) is 5.91. The van der Waals surface area contributed by atoms with Crippen LogP contribution in [0.5, 0.6) is 0 Å². The molecule has 0 atom stereocenters. The zero-order valence-electron chi connectivity index (χ0n) is 9.45. The van der Waals surface area contributed by atoms with Gasteiger partial charge < -0.3 is 5.32 Å². The second kappa shape index (κ2) is 4.03. The summed E-state index contributed by atoms with van der Waals surface area (Å²) in [7, 11) is -3.24. The zero-order chi connectivity index (χ0) is 11.8. The highest BCUT2D eigenvalue weighted by molar-refractivity contribution is 7.95. The van der Waals surface area contributed by atoms with Gasteiger partial charge in [0.25, 0.3) is 0 Å². The lowest BCUT2D eigenvalue weighted by molar-refractivity contribution is 0.601. The fourth-order valence-electron chi connectivity index (χ4n) is 1.78. The first kappa shape index (κ1) is 11.4. The molecule has 0 spiro atoms. The molecule has 2 rings (SSSR count). The lowest BCUT2D eigenvalue weighted by atomic mass is 10.1. The topological polar surface area (TPSA) is 46.2 Å². The van der Waals surface area contributed by atoms with E-state index in [2.05, 4.69) is 5.32 Å². The first-order valence-electron chi connectivity index (χ1n) is 5.32. The molecule has 0 aromatic heterocycles. The summed E-state index contributed by atoms with van der Waals surface area (Å²) in [6.45, 7) is 5.03.